The molecule has 3 unspecified atom stereocenters. The minimum atomic E-state index is -5.01. The monoisotopic (exact) mass is 834 g/mol. The summed E-state index contributed by atoms with van der Waals surface area (Å²) in [5, 5.41) is -1.13. The number of amides is 1. The third kappa shape index (κ3) is 7.16. The van der Waals surface area contributed by atoms with Gasteiger partial charge in [0.2, 0.25) is 0 Å². The van der Waals surface area contributed by atoms with E-state index < -0.39 is 50.3 Å². The molecule has 13 nitrogen and oxygen atoms in total. The smallest absolute Gasteiger partial charge is 0.418 e. The molecule has 0 saturated carbocycles. The number of benzene rings is 2. The van der Waals surface area contributed by atoms with Crippen molar-refractivity contribution in [2.24, 2.45) is 0 Å². The Morgan fingerprint density at radius 2 is 1.89 bits per heavy atom. The molecule has 19 heteroatoms. The fraction of sp³-hybridized carbons (Fsp3) is 0.474. The van der Waals surface area contributed by atoms with Gasteiger partial charge in [-0.15, -0.1) is 0 Å². The summed E-state index contributed by atoms with van der Waals surface area (Å²) < 4.78 is 84.5. The van der Waals surface area contributed by atoms with Gasteiger partial charge in [-0.3, -0.25) is 4.90 Å². The zero-order valence-electron chi connectivity index (χ0n) is 30.9. The summed E-state index contributed by atoms with van der Waals surface area (Å²) in [5.74, 6) is -0.854. The van der Waals surface area contributed by atoms with Gasteiger partial charge in [0, 0.05) is 47.7 Å². The Labute approximate surface area is 335 Å². The fourth-order valence-electron chi connectivity index (χ4n) is 8.67. The van der Waals surface area contributed by atoms with E-state index in [1.54, 1.807) is 23.2 Å². The lowest BCUT2D eigenvalue weighted by atomic mass is 9.95. The summed E-state index contributed by atoms with van der Waals surface area (Å²) in [6.45, 7) is 5.00. The summed E-state index contributed by atoms with van der Waals surface area (Å²) in [7, 11) is 0. The summed E-state index contributed by atoms with van der Waals surface area (Å²) in [6, 6.07) is 4.70. The Hall–Kier alpha value is -4.58. The topological polar surface area (TPSA) is 154 Å². The molecule has 2 aromatic heterocycles. The normalized spacial score (nSPS) is 21.6. The number of aromatic nitrogens is 3. The fourth-order valence-corrected chi connectivity index (χ4v) is 9.33. The first-order chi connectivity index (χ1) is 27.3. The number of nitrogens with zero attached hydrogens (tertiary/aromatic N) is 6. The highest BCUT2D eigenvalue weighted by Crippen LogP contribution is 2.52. The minimum absolute atomic E-state index is 0.0175. The van der Waals surface area contributed by atoms with E-state index in [1.807, 2.05) is 11.8 Å². The molecule has 3 atom stereocenters. The van der Waals surface area contributed by atoms with Crippen LogP contribution in [0.2, 0.25) is 10.0 Å². The summed E-state index contributed by atoms with van der Waals surface area (Å²) in [6.07, 6.45) is -0.674. The lowest BCUT2D eigenvalue weighted by Gasteiger charge is -2.35. The number of ether oxygens (including phenoxy) is 4. The number of carbonyl (C=O) groups is 1. The Kier molecular flexibility index (Phi) is 10.5. The Morgan fingerprint density at radius 1 is 1.11 bits per heavy atom. The van der Waals surface area contributed by atoms with Crippen molar-refractivity contribution in [3.05, 3.63) is 57.5 Å². The summed E-state index contributed by atoms with van der Waals surface area (Å²) in [5.41, 5.74) is 9.30. The third-order valence-electron chi connectivity index (χ3n) is 11.4. The van der Waals surface area contributed by atoms with Crippen LogP contribution in [-0.4, -0.2) is 102 Å². The number of carbonyl (C=O) groups excluding carboxylic acids is 1. The van der Waals surface area contributed by atoms with Crippen molar-refractivity contribution in [3.8, 4) is 22.9 Å². The molecule has 4 aromatic rings. The molecule has 0 bridgehead atoms. The lowest BCUT2D eigenvalue weighted by molar-refractivity contribution is -0.137. The maximum atomic E-state index is 17.2. The van der Waals surface area contributed by atoms with Crippen molar-refractivity contribution in [3.63, 3.8) is 0 Å². The number of hydrogen-bond donors (Lipinski definition) is 2. The van der Waals surface area contributed by atoms with E-state index >= 15 is 4.39 Å². The zero-order chi connectivity index (χ0) is 40.2. The molecule has 3 fully saturated rings. The predicted octanol–water partition coefficient (Wildman–Crippen LogP) is 7.13. The van der Waals surface area contributed by atoms with E-state index in [0.717, 1.165) is 44.4 Å². The maximum absolute atomic E-state index is 17.2. The molecule has 4 aliphatic heterocycles. The van der Waals surface area contributed by atoms with E-state index in [-0.39, 0.29) is 78.5 Å². The molecule has 0 radical (unpaired) electrons. The van der Waals surface area contributed by atoms with Crippen LogP contribution in [0.5, 0.6) is 11.8 Å². The zero-order valence-corrected chi connectivity index (χ0v) is 32.4. The molecule has 3 saturated heterocycles. The molecule has 304 valence electrons. The maximum Gasteiger partial charge on any atom is 0.418 e. The van der Waals surface area contributed by atoms with Crippen molar-refractivity contribution in [2.75, 3.05) is 75.6 Å². The van der Waals surface area contributed by atoms with Gasteiger partial charge in [-0.05, 0) is 57.4 Å². The van der Waals surface area contributed by atoms with Gasteiger partial charge in [0.1, 0.15) is 37.0 Å². The standard InChI is InChI=1S/C38H40Cl2F4N8O5/c1-20(23-4-2-8-47-33(23)46)51-12-15-55-32-27-31(30(41)26(29(32)40)24-16-21(45)17-25(39)28(24)38(42,43)44)48-35(49-34(27)51)57-19-37-6-3-9-52(37)22(5-7-37)18-56-36(53)50-10-13-54-14-11-50/h2,4,8,16-17,20,22H,3,5-7,9-15,18-19,45H2,1H3,(H2,46,47). The van der Waals surface area contributed by atoms with E-state index in [2.05, 4.69) is 14.9 Å². The first-order valence-electron chi connectivity index (χ1n) is 18.7. The van der Waals surface area contributed by atoms with Crippen molar-refractivity contribution in [1.82, 2.24) is 24.8 Å². The molecule has 4 N–H and O–H groups in total. The van der Waals surface area contributed by atoms with Crippen molar-refractivity contribution in [1.29, 1.82) is 0 Å². The van der Waals surface area contributed by atoms with Crippen LogP contribution in [0.1, 0.15) is 49.8 Å². The molecular formula is C38H40Cl2F4N8O5. The van der Waals surface area contributed by atoms with Crippen LogP contribution >= 0.6 is 23.2 Å². The average molecular weight is 836 g/mol. The van der Waals surface area contributed by atoms with Crippen LogP contribution in [0.4, 0.5) is 39.7 Å². The molecule has 4 aliphatic rings. The SMILES string of the molecule is CC(c1cccnc1N)N1CCOc2c(Cl)c(-c3cc(N)cc(Cl)c3C(F)(F)F)c(F)c3nc(OCC45CCCN4C(COC(=O)N4CCOCC4)CC5)nc1c23. The van der Waals surface area contributed by atoms with Crippen molar-refractivity contribution in [2.45, 2.75) is 56.4 Å². The second-order valence-electron chi connectivity index (χ2n) is 14.7. The van der Waals surface area contributed by atoms with Gasteiger partial charge in [0.25, 0.3) is 0 Å². The highest BCUT2D eigenvalue weighted by molar-refractivity contribution is 6.37. The van der Waals surface area contributed by atoms with E-state index in [0.29, 0.717) is 31.9 Å². The van der Waals surface area contributed by atoms with Gasteiger partial charge >= 0.3 is 18.3 Å². The number of nitrogens with two attached hydrogens (primary N) is 2. The molecule has 8 rings (SSSR count). The summed E-state index contributed by atoms with van der Waals surface area (Å²) >= 11 is 13.0. The predicted molar refractivity (Wildman–Crippen MR) is 205 cm³/mol. The van der Waals surface area contributed by atoms with Crippen LogP contribution in [0, 0.1) is 5.82 Å². The van der Waals surface area contributed by atoms with Gasteiger partial charge in [-0.2, -0.15) is 23.1 Å². The van der Waals surface area contributed by atoms with Gasteiger partial charge < -0.3 is 40.2 Å². The Balaban J connectivity index is 1.20. The van der Waals surface area contributed by atoms with Gasteiger partial charge in [0.15, 0.2) is 11.6 Å². The van der Waals surface area contributed by atoms with Crippen LogP contribution in [0.15, 0.2) is 30.5 Å². The van der Waals surface area contributed by atoms with Crippen LogP contribution < -0.4 is 25.8 Å². The number of alkyl halides is 3. The average Bonchev–Trinajstić information content (AvgIpc) is 3.68. The molecule has 0 spiro atoms. The second kappa shape index (κ2) is 15.3. The number of fused-ring (bicyclic) bond motifs is 1. The van der Waals surface area contributed by atoms with Crippen LogP contribution in [0.25, 0.3) is 22.0 Å². The van der Waals surface area contributed by atoms with E-state index in [1.165, 1.54) is 0 Å². The van der Waals surface area contributed by atoms with Crippen molar-refractivity contribution < 1.29 is 41.3 Å². The quantitative estimate of drug-likeness (QED) is 0.137. The number of pyridine rings is 1. The Bertz CT molecular complexity index is 2210. The summed E-state index contributed by atoms with van der Waals surface area (Å²) in [4.78, 5) is 32.1. The number of rotatable bonds is 8. The molecule has 2 aromatic carbocycles. The van der Waals surface area contributed by atoms with Gasteiger partial charge in [-0.1, -0.05) is 29.3 Å². The highest BCUT2D eigenvalue weighted by atomic mass is 35.5. The second-order valence-corrected chi connectivity index (χ2v) is 15.5. The largest absolute Gasteiger partial charge is 0.489 e. The van der Waals surface area contributed by atoms with Crippen LogP contribution in [-0.2, 0) is 15.7 Å². The first kappa shape index (κ1) is 39.3. The minimum Gasteiger partial charge on any atom is -0.489 e. The first-order valence-corrected chi connectivity index (χ1v) is 19.4. The highest BCUT2D eigenvalue weighted by Gasteiger charge is 2.50. The lowest BCUT2D eigenvalue weighted by Crippen LogP contribution is -2.48. The number of anilines is 3. The van der Waals surface area contributed by atoms with Crippen molar-refractivity contribution >= 4 is 57.5 Å². The number of morpholine rings is 1. The molecule has 6 heterocycles. The molecule has 0 aliphatic carbocycles. The molecular weight excluding hydrogens is 795 g/mol. The van der Waals surface area contributed by atoms with Gasteiger partial charge in [-0.25, -0.2) is 14.2 Å². The number of nitrogen functional groups attached to an aromatic ring is 2. The molecule has 1 amide bonds. The number of halogens is 6. The van der Waals surface area contributed by atoms with Crippen LogP contribution in [0.3, 0.4) is 0 Å². The van der Waals surface area contributed by atoms with Gasteiger partial charge in [0.05, 0.1) is 52.3 Å². The Morgan fingerprint density at radius 3 is 2.65 bits per heavy atom. The number of hydrogen-bond acceptors (Lipinski definition) is 12. The molecule has 57 heavy (non-hydrogen) atoms. The third-order valence-corrected chi connectivity index (χ3v) is 12.1. The van der Waals surface area contributed by atoms with E-state index in [9.17, 15) is 18.0 Å². The van der Waals surface area contributed by atoms with E-state index in [4.69, 9.17) is 58.6 Å².